The van der Waals surface area contributed by atoms with Gasteiger partial charge in [0.15, 0.2) is 5.82 Å². The molecule has 10 heteroatoms. The van der Waals surface area contributed by atoms with E-state index in [-0.39, 0.29) is 36.0 Å². The van der Waals surface area contributed by atoms with Crippen LogP contribution < -0.4 is 4.74 Å². The predicted molar refractivity (Wildman–Crippen MR) is 116 cm³/mol. The molecule has 0 spiro atoms. The van der Waals surface area contributed by atoms with Crippen molar-refractivity contribution in [3.05, 3.63) is 77.5 Å². The van der Waals surface area contributed by atoms with E-state index in [0.29, 0.717) is 30.0 Å². The maximum absolute atomic E-state index is 13.7. The number of pyridine rings is 2. The molecule has 2 atom stereocenters. The highest BCUT2D eigenvalue weighted by atomic mass is 19.4. The van der Waals surface area contributed by atoms with Crippen LogP contribution in [0.15, 0.2) is 60.6 Å². The Bertz CT molecular complexity index is 1260. The summed E-state index contributed by atoms with van der Waals surface area (Å²) in [6.45, 7) is 2.26. The van der Waals surface area contributed by atoms with Crippen molar-refractivity contribution in [1.82, 2.24) is 24.8 Å². The Hall–Kier alpha value is -3.82. The van der Waals surface area contributed by atoms with Crippen LogP contribution in [0.3, 0.4) is 0 Å². The maximum Gasteiger partial charge on any atom is 0.416 e. The van der Waals surface area contributed by atoms with Gasteiger partial charge in [0.2, 0.25) is 5.88 Å². The van der Waals surface area contributed by atoms with Gasteiger partial charge < -0.3 is 9.64 Å². The minimum atomic E-state index is -4.49. The molecule has 3 aromatic heterocycles. The molecule has 0 bridgehead atoms. The van der Waals surface area contributed by atoms with Crippen molar-refractivity contribution >= 4 is 5.91 Å². The van der Waals surface area contributed by atoms with Crippen LogP contribution in [0.4, 0.5) is 13.2 Å². The van der Waals surface area contributed by atoms with Crippen molar-refractivity contribution in [3.63, 3.8) is 0 Å². The molecule has 5 rings (SSSR count). The van der Waals surface area contributed by atoms with E-state index in [1.807, 2.05) is 0 Å². The number of ether oxygens (including phenoxy) is 1. The van der Waals surface area contributed by atoms with Crippen LogP contribution in [0.25, 0.3) is 11.4 Å². The number of hydrogen-bond donors (Lipinski definition) is 0. The number of carbonyl (C=O) groups is 1. The molecule has 1 aliphatic carbocycles. The number of fused-ring (bicyclic) bond motifs is 1. The molecule has 7 nitrogen and oxygen atoms in total. The number of likely N-dealkylation sites (tertiary alicyclic amines) is 1. The molecule has 1 amide bonds. The van der Waals surface area contributed by atoms with Crippen molar-refractivity contribution in [2.45, 2.75) is 25.6 Å². The van der Waals surface area contributed by atoms with Gasteiger partial charge in [0, 0.05) is 42.8 Å². The highest BCUT2D eigenvalue weighted by molar-refractivity contribution is 5.98. The Labute approximate surface area is 193 Å². The minimum absolute atomic E-state index is 0.00704. The quantitative estimate of drug-likeness (QED) is 0.526. The van der Waals surface area contributed by atoms with Gasteiger partial charge in [-0.15, -0.1) is 0 Å². The number of halogens is 3. The Morgan fingerprint density at radius 3 is 2.71 bits per heavy atom. The maximum atomic E-state index is 13.7. The summed E-state index contributed by atoms with van der Waals surface area (Å²) in [7, 11) is 0. The van der Waals surface area contributed by atoms with Crippen LogP contribution in [0.2, 0.25) is 0 Å². The second kappa shape index (κ2) is 8.51. The summed E-state index contributed by atoms with van der Waals surface area (Å²) in [5.74, 6) is 0.173. The van der Waals surface area contributed by atoms with Gasteiger partial charge in [-0.3, -0.25) is 4.79 Å². The molecule has 4 heterocycles. The Balaban J connectivity index is 1.40. The van der Waals surface area contributed by atoms with Gasteiger partial charge in [0.1, 0.15) is 12.3 Å². The predicted octanol–water partition coefficient (Wildman–Crippen LogP) is 4.11. The number of hydrogen-bond acceptors (Lipinski definition) is 6. The van der Waals surface area contributed by atoms with E-state index in [9.17, 15) is 18.0 Å². The van der Waals surface area contributed by atoms with Crippen molar-refractivity contribution in [2.75, 3.05) is 13.2 Å². The molecule has 0 unspecified atom stereocenters. The summed E-state index contributed by atoms with van der Waals surface area (Å²) in [6.07, 6.45) is 2.43. The lowest BCUT2D eigenvalue weighted by molar-refractivity contribution is -0.137. The third-order valence-electron chi connectivity index (χ3n) is 5.88. The third-order valence-corrected chi connectivity index (χ3v) is 5.88. The average Bonchev–Trinajstić information content (AvgIpc) is 3.60. The summed E-state index contributed by atoms with van der Waals surface area (Å²) in [5, 5.41) is 0. The molecular formula is C24H20F3N5O2. The van der Waals surface area contributed by atoms with Crippen molar-refractivity contribution in [1.29, 1.82) is 0 Å². The van der Waals surface area contributed by atoms with Gasteiger partial charge >= 0.3 is 6.18 Å². The fourth-order valence-corrected chi connectivity index (χ4v) is 4.06. The first-order valence-corrected chi connectivity index (χ1v) is 10.7. The standard InChI is InChI=1S/C24H20F3N5O2/c1-14-3-4-19(22-29-6-2-7-30-22)21(31-14)23(33)32-12-16-9-15(16)10-18(32)13-34-20-11-17(5-8-28-20)24(25,26)27/h2-9,11,16,18H,10,12-13H2,1H3/t16-,18+/m1/s1. The normalized spacial score (nSPS) is 19.3. The second-order valence-corrected chi connectivity index (χ2v) is 8.28. The number of aromatic nitrogens is 4. The number of aryl methyl sites for hydroxylation is 1. The van der Waals surface area contributed by atoms with E-state index in [1.165, 1.54) is 5.57 Å². The largest absolute Gasteiger partial charge is 0.475 e. The zero-order valence-corrected chi connectivity index (χ0v) is 18.2. The molecule has 1 fully saturated rings. The van der Waals surface area contributed by atoms with E-state index >= 15 is 0 Å². The van der Waals surface area contributed by atoms with E-state index in [2.05, 4.69) is 26.0 Å². The van der Waals surface area contributed by atoms with Crippen LogP contribution in [0.5, 0.6) is 5.88 Å². The monoisotopic (exact) mass is 467 g/mol. The number of piperidine rings is 1. The van der Waals surface area contributed by atoms with Gasteiger partial charge in [-0.1, -0.05) is 11.6 Å². The first-order chi connectivity index (χ1) is 16.3. The molecule has 0 aromatic carbocycles. The summed E-state index contributed by atoms with van der Waals surface area (Å²) in [4.78, 5) is 32.3. The van der Waals surface area contributed by atoms with Gasteiger partial charge in [-0.25, -0.2) is 19.9 Å². The van der Waals surface area contributed by atoms with Gasteiger partial charge in [0.05, 0.1) is 17.2 Å². The first-order valence-electron chi connectivity index (χ1n) is 10.7. The van der Waals surface area contributed by atoms with Gasteiger partial charge in [0.25, 0.3) is 5.91 Å². The van der Waals surface area contributed by atoms with Crippen molar-refractivity contribution in [2.24, 2.45) is 5.92 Å². The lowest BCUT2D eigenvalue weighted by atomic mass is 10.0. The summed E-state index contributed by atoms with van der Waals surface area (Å²) < 4.78 is 44.7. The average molecular weight is 467 g/mol. The second-order valence-electron chi connectivity index (χ2n) is 8.28. The zero-order valence-electron chi connectivity index (χ0n) is 18.2. The molecule has 174 valence electrons. The third kappa shape index (κ3) is 4.48. The molecule has 0 saturated carbocycles. The minimum Gasteiger partial charge on any atom is -0.475 e. The highest BCUT2D eigenvalue weighted by Crippen LogP contribution is 2.40. The van der Waals surface area contributed by atoms with E-state index in [4.69, 9.17) is 4.74 Å². The number of carbonyl (C=O) groups excluding carboxylic acids is 1. The molecular weight excluding hydrogens is 447 g/mol. The number of amides is 1. The molecule has 2 aliphatic rings. The van der Waals surface area contributed by atoms with E-state index in [1.54, 1.807) is 42.4 Å². The Kier molecular flexibility index (Phi) is 5.51. The van der Waals surface area contributed by atoms with Crippen LogP contribution in [-0.2, 0) is 6.18 Å². The van der Waals surface area contributed by atoms with Crippen molar-refractivity contribution < 1.29 is 22.7 Å². The summed E-state index contributed by atoms with van der Waals surface area (Å²) in [5.41, 5.74) is 1.81. The summed E-state index contributed by atoms with van der Waals surface area (Å²) in [6, 6.07) is 6.63. The van der Waals surface area contributed by atoms with Crippen LogP contribution >= 0.6 is 0 Å². The fraction of sp³-hybridized carbons (Fsp3) is 0.292. The summed E-state index contributed by atoms with van der Waals surface area (Å²) >= 11 is 0. The number of nitrogens with zero attached hydrogens (tertiary/aromatic N) is 5. The fourth-order valence-electron chi connectivity index (χ4n) is 4.06. The lowest BCUT2D eigenvalue weighted by Crippen LogP contribution is -2.48. The molecule has 0 N–H and O–H groups in total. The van der Waals surface area contributed by atoms with Crippen LogP contribution in [0, 0.1) is 12.8 Å². The van der Waals surface area contributed by atoms with Gasteiger partial charge in [-0.2, -0.15) is 13.2 Å². The molecule has 34 heavy (non-hydrogen) atoms. The van der Waals surface area contributed by atoms with Crippen LogP contribution in [-0.4, -0.2) is 49.9 Å². The number of rotatable bonds is 5. The van der Waals surface area contributed by atoms with E-state index in [0.717, 1.165) is 18.3 Å². The van der Waals surface area contributed by atoms with E-state index < -0.39 is 11.7 Å². The number of alkyl halides is 3. The SMILES string of the molecule is Cc1ccc(-c2ncccn2)c(C(=O)N2C[C@H]3C=C3C[C@H]2COc2cc(C(F)(F)F)ccn2)n1. The smallest absolute Gasteiger partial charge is 0.416 e. The molecule has 1 aliphatic heterocycles. The topological polar surface area (TPSA) is 81.1 Å². The Morgan fingerprint density at radius 2 is 1.94 bits per heavy atom. The Morgan fingerprint density at radius 1 is 1.15 bits per heavy atom. The highest BCUT2D eigenvalue weighted by Gasteiger charge is 2.41. The molecule has 1 saturated heterocycles. The lowest BCUT2D eigenvalue weighted by Gasteiger charge is -2.35. The van der Waals surface area contributed by atoms with Crippen LogP contribution in [0.1, 0.15) is 28.2 Å². The molecule has 3 aromatic rings. The zero-order chi connectivity index (χ0) is 23.9. The van der Waals surface area contributed by atoms with Gasteiger partial charge in [-0.05, 0) is 37.6 Å². The molecule has 0 radical (unpaired) electrons. The first kappa shape index (κ1) is 22.0. The van der Waals surface area contributed by atoms with Crippen molar-refractivity contribution in [3.8, 4) is 17.3 Å².